The lowest BCUT2D eigenvalue weighted by Gasteiger charge is -2.22. The molecule has 5 heteroatoms. The first-order valence-corrected chi connectivity index (χ1v) is 9.05. The SMILES string of the molecule is COc1ccccc1SCC(=O)N(CCC#N)c1ccc(C)c(C)c1. The largest absolute Gasteiger partial charge is 0.496 e. The van der Waals surface area contributed by atoms with Crippen LogP contribution < -0.4 is 9.64 Å². The highest BCUT2D eigenvalue weighted by molar-refractivity contribution is 8.00. The van der Waals surface area contributed by atoms with Crippen LogP contribution >= 0.6 is 11.8 Å². The highest BCUT2D eigenvalue weighted by Crippen LogP contribution is 2.29. The van der Waals surface area contributed by atoms with E-state index in [9.17, 15) is 4.79 Å². The lowest BCUT2D eigenvalue weighted by Crippen LogP contribution is -2.33. The molecule has 0 saturated carbocycles. The van der Waals surface area contributed by atoms with E-state index in [4.69, 9.17) is 10.00 Å². The summed E-state index contributed by atoms with van der Waals surface area (Å²) in [4.78, 5) is 15.4. The molecular weight excluding hydrogens is 332 g/mol. The second-order valence-electron chi connectivity index (χ2n) is 5.66. The minimum absolute atomic E-state index is 0.0191. The van der Waals surface area contributed by atoms with Gasteiger partial charge in [-0.3, -0.25) is 4.79 Å². The summed E-state index contributed by atoms with van der Waals surface area (Å²) < 4.78 is 5.33. The zero-order valence-electron chi connectivity index (χ0n) is 14.8. The van der Waals surface area contributed by atoms with Crippen LogP contribution in [0.1, 0.15) is 17.5 Å². The number of nitrogens with zero attached hydrogens (tertiary/aromatic N) is 2. The minimum Gasteiger partial charge on any atom is -0.496 e. The standard InChI is InChI=1S/C20H22N2O2S/c1-15-9-10-17(13-16(15)2)22(12-6-11-21)20(23)14-25-19-8-5-4-7-18(19)24-3/h4-5,7-10,13H,6,12,14H2,1-3H3. The minimum atomic E-state index is -0.0191. The lowest BCUT2D eigenvalue weighted by atomic mass is 10.1. The summed E-state index contributed by atoms with van der Waals surface area (Å²) in [5.74, 6) is 1.03. The molecule has 0 aromatic heterocycles. The maximum absolute atomic E-state index is 12.8. The topological polar surface area (TPSA) is 53.3 Å². The third-order valence-electron chi connectivity index (χ3n) is 3.97. The van der Waals surface area contributed by atoms with E-state index in [1.54, 1.807) is 12.0 Å². The van der Waals surface area contributed by atoms with E-state index in [-0.39, 0.29) is 5.91 Å². The predicted molar refractivity (Wildman–Crippen MR) is 102 cm³/mol. The molecule has 0 bridgehead atoms. The van der Waals surface area contributed by atoms with Crippen molar-refractivity contribution in [1.82, 2.24) is 0 Å². The number of para-hydroxylation sites is 1. The van der Waals surface area contributed by atoms with Crippen LogP contribution in [-0.4, -0.2) is 25.3 Å². The quantitative estimate of drug-likeness (QED) is 0.694. The van der Waals surface area contributed by atoms with Crippen molar-refractivity contribution in [3.8, 4) is 11.8 Å². The highest BCUT2D eigenvalue weighted by Gasteiger charge is 2.17. The fraction of sp³-hybridized carbons (Fsp3) is 0.300. The van der Waals surface area contributed by atoms with Crippen LogP contribution in [0.2, 0.25) is 0 Å². The van der Waals surface area contributed by atoms with Gasteiger partial charge in [-0.05, 0) is 49.2 Å². The Balaban J connectivity index is 2.15. The summed E-state index contributed by atoms with van der Waals surface area (Å²) in [5.41, 5.74) is 3.15. The second kappa shape index (κ2) is 9.14. The smallest absolute Gasteiger partial charge is 0.237 e. The summed E-state index contributed by atoms with van der Waals surface area (Å²) in [6.07, 6.45) is 0.304. The van der Waals surface area contributed by atoms with Gasteiger partial charge in [0.05, 0.1) is 25.4 Å². The van der Waals surface area contributed by atoms with Crippen LogP contribution in [0.5, 0.6) is 5.75 Å². The van der Waals surface area contributed by atoms with Crippen molar-refractivity contribution in [1.29, 1.82) is 5.26 Å². The number of nitriles is 1. The summed E-state index contributed by atoms with van der Waals surface area (Å²) in [5, 5.41) is 8.91. The number of methoxy groups -OCH3 is 1. The van der Waals surface area contributed by atoms with E-state index in [1.807, 2.05) is 56.3 Å². The van der Waals surface area contributed by atoms with Crippen molar-refractivity contribution in [2.45, 2.75) is 25.2 Å². The van der Waals surface area contributed by atoms with Gasteiger partial charge in [0.1, 0.15) is 5.75 Å². The lowest BCUT2D eigenvalue weighted by molar-refractivity contribution is -0.116. The van der Waals surface area contributed by atoms with Gasteiger partial charge < -0.3 is 9.64 Å². The van der Waals surface area contributed by atoms with Crippen LogP contribution in [-0.2, 0) is 4.79 Å². The molecule has 0 aliphatic heterocycles. The Morgan fingerprint density at radius 3 is 2.64 bits per heavy atom. The molecule has 0 N–H and O–H groups in total. The molecule has 0 heterocycles. The number of benzene rings is 2. The zero-order valence-corrected chi connectivity index (χ0v) is 15.6. The van der Waals surface area contributed by atoms with Gasteiger partial charge in [-0.25, -0.2) is 0 Å². The molecule has 2 rings (SSSR count). The molecule has 0 spiro atoms. The number of hydrogen-bond donors (Lipinski definition) is 0. The number of carbonyl (C=O) groups is 1. The van der Waals surface area contributed by atoms with E-state index >= 15 is 0 Å². The number of anilines is 1. The van der Waals surface area contributed by atoms with Gasteiger partial charge in [0.25, 0.3) is 0 Å². The number of rotatable bonds is 7. The van der Waals surface area contributed by atoms with E-state index in [0.717, 1.165) is 21.9 Å². The van der Waals surface area contributed by atoms with Gasteiger partial charge in [0, 0.05) is 17.1 Å². The normalized spacial score (nSPS) is 10.2. The summed E-state index contributed by atoms with van der Waals surface area (Å²) in [6, 6.07) is 15.7. The Hall–Kier alpha value is -2.45. The molecule has 0 unspecified atom stereocenters. The molecule has 0 aliphatic rings. The number of thioether (sulfide) groups is 1. The van der Waals surface area contributed by atoms with Crippen molar-refractivity contribution in [2.24, 2.45) is 0 Å². The van der Waals surface area contributed by atoms with Gasteiger partial charge in [0.15, 0.2) is 0 Å². The Morgan fingerprint density at radius 1 is 1.20 bits per heavy atom. The molecule has 0 atom stereocenters. The summed E-state index contributed by atoms with van der Waals surface area (Å²) in [6.45, 7) is 4.46. The van der Waals surface area contributed by atoms with Gasteiger partial charge in [-0.2, -0.15) is 5.26 Å². The van der Waals surface area contributed by atoms with Crippen molar-refractivity contribution in [2.75, 3.05) is 24.3 Å². The van der Waals surface area contributed by atoms with E-state index in [2.05, 4.69) is 6.07 Å². The molecule has 0 fully saturated rings. The fourth-order valence-corrected chi connectivity index (χ4v) is 3.31. The van der Waals surface area contributed by atoms with Crippen LogP contribution in [0.15, 0.2) is 47.4 Å². The Morgan fingerprint density at radius 2 is 1.96 bits per heavy atom. The van der Waals surface area contributed by atoms with Crippen LogP contribution in [0.3, 0.4) is 0 Å². The number of aryl methyl sites for hydroxylation is 2. The number of carbonyl (C=O) groups excluding carboxylic acids is 1. The Labute approximate surface area is 153 Å². The number of amides is 1. The van der Waals surface area contributed by atoms with E-state index in [0.29, 0.717) is 18.7 Å². The third kappa shape index (κ3) is 5.01. The van der Waals surface area contributed by atoms with Crippen molar-refractivity contribution >= 4 is 23.4 Å². The van der Waals surface area contributed by atoms with Crippen LogP contribution in [0.4, 0.5) is 5.69 Å². The molecule has 2 aromatic carbocycles. The number of ether oxygens (including phenoxy) is 1. The molecule has 130 valence electrons. The molecule has 1 amide bonds. The average molecular weight is 354 g/mol. The predicted octanol–water partition coefficient (Wildman–Crippen LogP) is 4.35. The molecule has 0 radical (unpaired) electrons. The molecule has 4 nitrogen and oxygen atoms in total. The highest BCUT2D eigenvalue weighted by atomic mass is 32.2. The first kappa shape index (κ1) is 18.9. The zero-order chi connectivity index (χ0) is 18.2. The van der Waals surface area contributed by atoms with Crippen molar-refractivity contribution in [3.05, 3.63) is 53.6 Å². The molecular formula is C20H22N2O2S. The summed E-state index contributed by atoms with van der Waals surface area (Å²) in [7, 11) is 1.62. The first-order chi connectivity index (χ1) is 12.1. The Bertz CT molecular complexity index is 784. The fourth-order valence-electron chi connectivity index (χ4n) is 2.41. The molecule has 2 aromatic rings. The Kier molecular flexibility index (Phi) is 6.91. The average Bonchev–Trinajstić information content (AvgIpc) is 2.63. The maximum Gasteiger partial charge on any atom is 0.237 e. The summed E-state index contributed by atoms with van der Waals surface area (Å²) >= 11 is 1.44. The molecule has 25 heavy (non-hydrogen) atoms. The second-order valence-corrected chi connectivity index (χ2v) is 6.68. The van der Waals surface area contributed by atoms with Crippen LogP contribution in [0, 0.1) is 25.2 Å². The first-order valence-electron chi connectivity index (χ1n) is 8.07. The maximum atomic E-state index is 12.8. The molecule has 0 aliphatic carbocycles. The van der Waals surface area contributed by atoms with Crippen LogP contribution in [0.25, 0.3) is 0 Å². The third-order valence-corrected chi connectivity index (χ3v) is 5.01. The van der Waals surface area contributed by atoms with Gasteiger partial charge >= 0.3 is 0 Å². The van der Waals surface area contributed by atoms with E-state index < -0.39 is 0 Å². The monoisotopic (exact) mass is 354 g/mol. The number of hydrogen-bond acceptors (Lipinski definition) is 4. The van der Waals surface area contributed by atoms with E-state index in [1.165, 1.54) is 17.3 Å². The van der Waals surface area contributed by atoms with Gasteiger partial charge in [-0.15, -0.1) is 11.8 Å². The van der Waals surface area contributed by atoms with Crippen molar-refractivity contribution < 1.29 is 9.53 Å². The van der Waals surface area contributed by atoms with Gasteiger partial charge in [0.2, 0.25) is 5.91 Å². The van der Waals surface area contributed by atoms with Gasteiger partial charge in [-0.1, -0.05) is 18.2 Å². The molecule has 0 saturated heterocycles. The van der Waals surface area contributed by atoms with Crippen molar-refractivity contribution in [3.63, 3.8) is 0 Å².